The van der Waals surface area contributed by atoms with Crippen LogP contribution in [-0.2, 0) is 26.2 Å². The zero-order chi connectivity index (χ0) is 29.6. The number of anilines is 1. The van der Waals surface area contributed by atoms with E-state index >= 15 is 0 Å². The molecule has 1 N–H and O–H groups in total. The van der Waals surface area contributed by atoms with Crippen LogP contribution in [0.15, 0.2) is 65.6 Å². The fourth-order valence-corrected chi connectivity index (χ4v) is 6.04. The molecule has 8 nitrogen and oxygen atoms in total. The van der Waals surface area contributed by atoms with Gasteiger partial charge in [0, 0.05) is 23.1 Å². The summed E-state index contributed by atoms with van der Waals surface area (Å²) in [4.78, 5) is 28.0. The van der Waals surface area contributed by atoms with Gasteiger partial charge in [-0.2, -0.15) is 0 Å². The molecule has 3 rings (SSSR count). The number of halogens is 3. The minimum atomic E-state index is -4.24. The van der Waals surface area contributed by atoms with Gasteiger partial charge >= 0.3 is 0 Å². The highest BCUT2D eigenvalue weighted by Crippen LogP contribution is 2.32. The Morgan fingerprint density at radius 3 is 2.23 bits per heavy atom. The quantitative estimate of drug-likeness (QED) is 0.294. The van der Waals surface area contributed by atoms with Crippen LogP contribution in [0.25, 0.3) is 0 Å². The second-order valence-electron chi connectivity index (χ2n) is 8.97. The monoisotopic (exact) mass is 625 g/mol. The van der Waals surface area contributed by atoms with Gasteiger partial charge in [0.2, 0.25) is 11.8 Å². The predicted octanol–water partition coefficient (Wildman–Crippen LogP) is 5.71. The third kappa shape index (κ3) is 7.40. The zero-order valence-electron chi connectivity index (χ0n) is 22.4. The largest absolute Gasteiger partial charge is 0.495 e. The standard InChI is InChI=1S/C28H30Cl3N3O5S/c1-5-32-28(36)19(3)33(16-20-8-9-21(29)14-24(20)30)27(35)17-34(22-10-13-26(39-4)25(31)15-22)40(37,38)23-11-6-18(2)7-12-23/h6-15,19H,5,16-17H2,1-4H3,(H,32,36). The number of methoxy groups -OCH3 is 1. The fourth-order valence-electron chi connectivity index (χ4n) is 3.91. The highest BCUT2D eigenvalue weighted by Gasteiger charge is 2.33. The molecule has 0 saturated carbocycles. The molecule has 3 aromatic carbocycles. The molecule has 0 spiro atoms. The van der Waals surface area contributed by atoms with Gasteiger partial charge < -0.3 is 15.0 Å². The number of hydrogen-bond acceptors (Lipinski definition) is 5. The molecule has 0 radical (unpaired) electrons. The van der Waals surface area contributed by atoms with Crippen molar-refractivity contribution < 1.29 is 22.7 Å². The van der Waals surface area contributed by atoms with Crippen LogP contribution >= 0.6 is 34.8 Å². The van der Waals surface area contributed by atoms with Crippen molar-refractivity contribution in [1.29, 1.82) is 0 Å². The number of carbonyl (C=O) groups is 2. The summed E-state index contributed by atoms with van der Waals surface area (Å²) in [5, 5.41) is 3.59. The SMILES string of the molecule is CCNC(=O)C(C)N(Cc1ccc(Cl)cc1Cl)C(=O)CN(c1ccc(OC)c(Cl)c1)S(=O)(=O)c1ccc(C)cc1. The number of rotatable bonds is 11. The van der Waals surface area contributed by atoms with E-state index in [1.54, 1.807) is 38.1 Å². The van der Waals surface area contributed by atoms with Crippen LogP contribution in [0.1, 0.15) is 25.0 Å². The van der Waals surface area contributed by atoms with Crippen LogP contribution in [0, 0.1) is 6.92 Å². The van der Waals surface area contributed by atoms with Crippen LogP contribution in [0.2, 0.25) is 15.1 Å². The summed E-state index contributed by atoms with van der Waals surface area (Å²) in [7, 11) is -2.80. The van der Waals surface area contributed by atoms with Crippen LogP contribution in [0.4, 0.5) is 5.69 Å². The van der Waals surface area contributed by atoms with Gasteiger partial charge in [-0.05, 0) is 68.8 Å². The number of benzene rings is 3. The maximum absolute atomic E-state index is 13.9. The molecule has 40 heavy (non-hydrogen) atoms. The molecule has 12 heteroatoms. The summed E-state index contributed by atoms with van der Waals surface area (Å²) in [5.41, 5.74) is 1.56. The summed E-state index contributed by atoms with van der Waals surface area (Å²) in [5.74, 6) is -0.693. The average molecular weight is 627 g/mol. The molecule has 214 valence electrons. The lowest BCUT2D eigenvalue weighted by atomic mass is 10.1. The second-order valence-corrected chi connectivity index (χ2v) is 12.1. The molecule has 0 bridgehead atoms. The third-order valence-corrected chi connectivity index (χ3v) is 8.86. The molecule has 1 unspecified atom stereocenters. The minimum Gasteiger partial charge on any atom is -0.495 e. The van der Waals surface area contributed by atoms with Gasteiger partial charge in [0.25, 0.3) is 10.0 Å². The van der Waals surface area contributed by atoms with Crippen molar-refractivity contribution in [3.63, 3.8) is 0 Å². The lowest BCUT2D eigenvalue weighted by Crippen LogP contribution is -2.51. The number of likely N-dealkylation sites (N-methyl/N-ethyl adjacent to an activating group) is 1. The molecule has 0 aliphatic heterocycles. The first-order chi connectivity index (χ1) is 18.9. The van der Waals surface area contributed by atoms with Crippen LogP contribution in [-0.4, -0.2) is 51.4 Å². The first kappa shape index (κ1) is 31.5. The van der Waals surface area contributed by atoms with E-state index in [2.05, 4.69) is 5.32 Å². The smallest absolute Gasteiger partial charge is 0.264 e. The van der Waals surface area contributed by atoms with Gasteiger partial charge in [0.05, 0.1) is 22.7 Å². The molecule has 0 aromatic heterocycles. The lowest BCUT2D eigenvalue weighted by molar-refractivity contribution is -0.139. The molecule has 2 amide bonds. The van der Waals surface area contributed by atoms with Gasteiger partial charge in [0.15, 0.2) is 0 Å². The Morgan fingerprint density at radius 2 is 1.65 bits per heavy atom. The Hall–Kier alpha value is -2.98. The number of hydrogen-bond donors (Lipinski definition) is 1. The zero-order valence-corrected chi connectivity index (χ0v) is 25.5. The lowest BCUT2D eigenvalue weighted by Gasteiger charge is -2.32. The van der Waals surface area contributed by atoms with Crippen molar-refractivity contribution in [3.05, 3.63) is 86.9 Å². The number of aryl methyl sites for hydroxylation is 1. The predicted molar refractivity (Wildman–Crippen MR) is 159 cm³/mol. The van der Waals surface area contributed by atoms with E-state index in [9.17, 15) is 18.0 Å². The van der Waals surface area contributed by atoms with Crippen molar-refractivity contribution in [2.45, 2.75) is 38.3 Å². The van der Waals surface area contributed by atoms with Crippen molar-refractivity contribution in [1.82, 2.24) is 10.2 Å². The Labute approximate surface area is 249 Å². The summed E-state index contributed by atoms with van der Waals surface area (Å²) in [6.07, 6.45) is 0. The van der Waals surface area contributed by atoms with Crippen LogP contribution in [0.5, 0.6) is 5.75 Å². The summed E-state index contributed by atoms with van der Waals surface area (Å²) in [6, 6.07) is 14.6. The molecule has 0 saturated heterocycles. The number of amides is 2. The van der Waals surface area contributed by atoms with Crippen LogP contribution < -0.4 is 14.4 Å². The van der Waals surface area contributed by atoms with E-state index in [1.807, 2.05) is 6.92 Å². The van der Waals surface area contributed by atoms with Crippen molar-refractivity contribution >= 4 is 62.3 Å². The van der Waals surface area contributed by atoms with Crippen LogP contribution in [0.3, 0.4) is 0 Å². The highest BCUT2D eigenvalue weighted by atomic mass is 35.5. The summed E-state index contributed by atoms with van der Waals surface area (Å²) < 4.78 is 34.0. The van der Waals surface area contributed by atoms with E-state index < -0.39 is 34.4 Å². The molecule has 0 aliphatic rings. The molecular weight excluding hydrogens is 597 g/mol. The number of nitrogens with one attached hydrogen (secondary N) is 1. The molecule has 1 atom stereocenters. The van der Waals surface area contributed by atoms with Crippen molar-refractivity contribution in [2.24, 2.45) is 0 Å². The summed E-state index contributed by atoms with van der Waals surface area (Å²) in [6.45, 7) is 4.84. The molecule has 0 fully saturated rings. The average Bonchev–Trinajstić information content (AvgIpc) is 2.91. The molecule has 0 heterocycles. The van der Waals surface area contributed by atoms with Crippen molar-refractivity contribution in [2.75, 3.05) is 24.5 Å². The van der Waals surface area contributed by atoms with E-state index in [0.29, 0.717) is 27.9 Å². The summed E-state index contributed by atoms with van der Waals surface area (Å²) >= 11 is 18.8. The third-order valence-electron chi connectivity index (χ3n) is 6.19. The minimum absolute atomic E-state index is 0.0121. The Balaban J connectivity index is 2.08. The van der Waals surface area contributed by atoms with Gasteiger partial charge in [-0.3, -0.25) is 13.9 Å². The van der Waals surface area contributed by atoms with Gasteiger partial charge in [-0.15, -0.1) is 0 Å². The number of nitrogens with zero attached hydrogens (tertiary/aromatic N) is 2. The highest BCUT2D eigenvalue weighted by molar-refractivity contribution is 7.92. The Morgan fingerprint density at radius 1 is 0.975 bits per heavy atom. The first-order valence-electron chi connectivity index (χ1n) is 12.3. The Kier molecular flexibility index (Phi) is 10.7. The topological polar surface area (TPSA) is 96.0 Å². The first-order valence-corrected chi connectivity index (χ1v) is 14.9. The van der Waals surface area contributed by atoms with E-state index in [4.69, 9.17) is 39.5 Å². The maximum Gasteiger partial charge on any atom is 0.264 e. The van der Waals surface area contributed by atoms with E-state index in [0.717, 1.165) is 9.87 Å². The molecule has 0 aliphatic carbocycles. The fraction of sp³-hybridized carbons (Fsp3) is 0.286. The van der Waals surface area contributed by atoms with Gasteiger partial charge in [-0.25, -0.2) is 8.42 Å². The van der Waals surface area contributed by atoms with E-state index in [1.165, 1.54) is 48.4 Å². The van der Waals surface area contributed by atoms with Crippen molar-refractivity contribution in [3.8, 4) is 5.75 Å². The number of ether oxygens (including phenoxy) is 1. The normalized spacial score (nSPS) is 12.0. The molecule has 3 aromatic rings. The molecular formula is C28H30Cl3N3O5S. The Bertz CT molecular complexity index is 1480. The number of carbonyl (C=O) groups excluding carboxylic acids is 2. The maximum atomic E-state index is 13.9. The second kappa shape index (κ2) is 13.6. The van der Waals surface area contributed by atoms with Gasteiger partial charge in [-0.1, -0.05) is 58.6 Å². The van der Waals surface area contributed by atoms with E-state index in [-0.39, 0.29) is 22.2 Å². The number of sulfonamides is 1. The van der Waals surface area contributed by atoms with Gasteiger partial charge in [0.1, 0.15) is 18.3 Å².